The summed E-state index contributed by atoms with van der Waals surface area (Å²) in [6, 6.07) is 15.4. The van der Waals surface area contributed by atoms with Gasteiger partial charge in [0.05, 0.1) is 29.0 Å². The molecule has 3 aromatic heterocycles. The van der Waals surface area contributed by atoms with Crippen molar-refractivity contribution in [3.05, 3.63) is 105 Å². The molecule has 1 unspecified atom stereocenters. The average Bonchev–Trinajstić information content (AvgIpc) is 3.30. The quantitative estimate of drug-likeness (QED) is 0.195. The Morgan fingerprint density at radius 2 is 1.88 bits per heavy atom. The molecule has 0 fully saturated rings. The Morgan fingerprint density at radius 3 is 2.58 bits per heavy atom. The summed E-state index contributed by atoms with van der Waals surface area (Å²) in [5.41, 5.74) is 9.61. The average molecular weight is 557 g/mol. The summed E-state index contributed by atoms with van der Waals surface area (Å²) in [5.74, 6) is -0.101. The van der Waals surface area contributed by atoms with Gasteiger partial charge in [0, 0.05) is 16.6 Å². The van der Waals surface area contributed by atoms with Crippen molar-refractivity contribution in [1.29, 1.82) is 5.41 Å². The number of nitrogens with zero attached hydrogens (tertiary/aromatic N) is 3. The number of benzene rings is 2. The molecular formula is C30H29FN6O2S. The van der Waals surface area contributed by atoms with E-state index in [1.54, 1.807) is 10.5 Å². The summed E-state index contributed by atoms with van der Waals surface area (Å²) in [4.78, 5) is 23.0. The van der Waals surface area contributed by atoms with Gasteiger partial charge in [0.25, 0.3) is 5.56 Å². The second kappa shape index (κ2) is 10.9. The molecule has 204 valence electrons. The highest BCUT2D eigenvalue weighted by Crippen LogP contribution is 2.32. The van der Waals surface area contributed by atoms with Gasteiger partial charge in [-0.25, -0.2) is 14.4 Å². The van der Waals surface area contributed by atoms with Crippen LogP contribution in [-0.4, -0.2) is 26.2 Å². The van der Waals surface area contributed by atoms with Gasteiger partial charge in [-0.05, 0) is 63.1 Å². The molecule has 0 aliphatic carbocycles. The highest BCUT2D eigenvalue weighted by atomic mass is 32.1. The van der Waals surface area contributed by atoms with E-state index in [9.17, 15) is 9.18 Å². The zero-order valence-electron chi connectivity index (χ0n) is 22.5. The van der Waals surface area contributed by atoms with Crippen LogP contribution in [0.3, 0.4) is 0 Å². The zero-order valence-corrected chi connectivity index (χ0v) is 23.3. The predicted molar refractivity (Wildman–Crippen MR) is 158 cm³/mol. The van der Waals surface area contributed by atoms with E-state index in [2.05, 4.69) is 15.3 Å². The number of aromatic nitrogens is 3. The van der Waals surface area contributed by atoms with Crippen LogP contribution in [0, 0.1) is 18.2 Å². The first kappa shape index (κ1) is 27.0. The van der Waals surface area contributed by atoms with Gasteiger partial charge in [0.1, 0.15) is 22.8 Å². The number of anilines is 2. The standard InChI is InChI=1S/C30H29FN6O2S/c1-16(2)39-23-11-10-20(12-22(23)31)27(32)26-28(33)34-15-35-29(26)36-18(4)21-13-24-37(17(3)14-40-24)30(38)25(21)19-8-6-5-7-9-19/h5-16,18,32H,1-4H3,(H3,33,34,35,36). The summed E-state index contributed by atoms with van der Waals surface area (Å²) < 4.78 is 22.0. The van der Waals surface area contributed by atoms with Crippen molar-refractivity contribution in [2.24, 2.45) is 0 Å². The maximum Gasteiger partial charge on any atom is 0.264 e. The maximum absolute atomic E-state index is 14.8. The molecule has 40 heavy (non-hydrogen) atoms. The largest absolute Gasteiger partial charge is 0.488 e. The maximum atomic E-state index is 14.8. The number of thiazole rings is 1. The van der Waals surface area contributed by atoms with Gasteiger partial charge in [0.2, 0.25) is 0 Å². The van der Waals surface area contributed by atoms with Gasteiger partial charge in [0.15, 0.2) is 11.6 Å². The number of pyridine rings is 1. The highest BCUT2D eigenvalue weighted by Gasteiger charge is 2.23. The van der Waals surface area contributed by atoms with Crippen LogP contribution in [0.4, 0.5) is 16.0 Å². The normalized spacial score (nSPS) is 12.1. The van der Waals surface area contributed by atoms with Gasteiger partial charge in [-0.2, -0.15) is 0 Å². The van der Waals surface area contributed by atoms with Crippen molar-refractivity contribution < 1.29 is 9.13 Å². The lowest BCUT2D eigenvalue weighted by molar-refractivity contribution is 0.231. The zero-order chi connectivity index (χ0) is 28.6. The molecular weight excluding hydrogens is 527 g/mol. The molecule has 0 aliphatic rings. The molecule has 5 rings (SSSR count). The van der Waals surface area contributed by atoms with Crippen molar-refractivity contribution in [3.8, 4) is 16.9 Å². The third kappa shape index (κ3) is 5.05. The molecule has 0 saturated carbocycles. The molecule has 3 heterocycles. The van der Waals surface area contributed by atoms with E-state index in [0.717, 1.165) is 21.7 Å². The molecule has 2 aromatic carbocycles. The number of nitrogens with one attached hydrogen (secondary N) is 2. The lowest BCUT2D eigenvalue weighted by atomic mass is 9.96. The fourth-order valence-corrected chi connectivity index (χ4v) is 5.57. The molecule has 8 nitrogen and oxygen atoms in total. The first-order valence-corrected chi connectivity index (χ1v) is 13.6. The first-order valence-electron chi connectivity index (χ1n) is 12.8. The molecule has 10 heteroatoms. The van der Waals surface area contributed by atoms with Gasteiger partial charge < -0.3 is 15.8 Å². The fraction of sp³-hybridized carbons (Fsp3) is 0.200. The lowest BCUT2D eigenvalue weighted by Gasteiger charge is -2.21. The number of halogens is 1. The van der Waals surface area contributed by atoms with Crippen molar-refractivity contribution in [3.63, 3.8) is 0 Å². The van der Waals surface area contributed by atoms with E-state index in [1.807, 2.05) is 69.5 Å². The molecule has 1 atom stereocenters. The topological polar surface area (TPSA) is 118 Å². The smallest absolute Gasteiger partial charge is 0.264 e. The third-order valence-corrected chi connectivity index (χ3v) is 7.50. The minimum atomic E-state index is -0.582. The Labute approximate surface area is 234 Å². The Kier molecular flexibility index (Phi) is 7.36. The molecule has 0 amide bonds. The highest BCUT2D eigenvalue weighted by molar-refractivity contribution is 7.15. The van der Waals surface area contributed by atoms with Crippen molar-refractivity contribution in [2.75, 3.05) is 11.1 Å². The Balaban J connectivity index is 1.56. The van der Waals surface area contributed by atoms with E-state index >= 15 is 0 Å². The van der Waals surface area contributed by atoms with Crippen molar-refractivity contribution in [2.45, 2.75) is 39.8 Å². The van der Waals surface area contributed by atoms with Crippen LogP contribution >= 0.6 is 11.3 Å². The van der Waals surface area contributed by atoms with Crippen LogP contribution in [0.1, 0.15) is 49.2 Å². The number of ether oxygens (including phenoxy) is 1. The molecule has 0 bridgehead atoms. The van der Waals surface area contributed by atoms with Gasteiger partial charge in [-0.1, -0.05) is 30.3 Å². The number of rotatable bonds is 8. The molecule has 5 aromatic rings. The molecule has 0 saturated heterocycles. The van der Waals surface area contributed by atoms with Gasteiger partial charge in [-0.15, -0.1) is 11.3 Å². The second-order valence-corrected chi connectivity index (χ2v) is 10.6. The van der Waals surface area contributed by atoms with Crippen molar-refractivity contribution >= 4 is 33.5 Å². The van der Waals surface area contributed by atoms with E-state index in [0.29, 0.717) is 16.9 Å². The van der Waals surface area contributed by atoms with E-state index in [-0.39, 0.29) is 34.5 Å². The summed E-state index contributed by atoms with van der Waals surface area (Å²) in [7, 11) is 0. The minimum Gasteiger partial charge on any atom is -0.488 e. The number of nitrogen functional groups attached to an aromatic ring is 1. The van der Waals surface area contributed by atoms with Crippen LogP contribution in [0.2, 0.25) is 0 Å². The predicted octanol–water partition coefficient (Wildman–Crippen LogP) is 6.22. The third-order valence-electron chi connectivity index (χ3n) is 6.50. The fourth-order valence-electron chi connectivity index (χ4n) is 4.65. The molecule has 0 radical (unpaired) electrons. The summed E-state index contributed by atoms with van der Waals surface area (Å²) in [6.45, 7) is 7.45. The van der Waals surface area contributed by atoms with E-state index in [4.69, 9.17) is 15.9 Å². The van der Waals surface area contributed by atoms with E-state index in [1.165, 1.54) is 29.8 Å². The molecule has 0 spiro atoms. The Hall–Kier alpha value is -4.57. The summed E-state index contributed by atoms with van der Waals surface area (Å²) >= 11 is 1.49. The van der Waals surface area contributed by atoms with E-state index < -0.39 is 11.9 Å². The van der Waals surface area contributed by atoms with Gasteiger partial charge in [-0.3, -0.25) is 14.6 Å². The molecule has 4 N–H and O–H groups in total. The van der Waals surface area contributed by atoms with Crippen molar-refractivity contribution in [1.82, 2.24) is 14.4 Å². The second-order valence-electron chi connectivity index (χ2n) is 9.73. The number of hydrogen-bond acceptors (Lipinski definition) is 8. The van der Waals surface area contributed by atoms with Crippen LogP contribution in [0.25, 0.3) is 16.0 Å². The van der Waals surface area contributed by atoms with Crippen LogP contribution < -0.4 is 21.3 Å². The molecule has 0 aliphatic heterocycles. The number of fused-ring (bicyclic) bond motifs is 1. The van der Waals surface area contributed by atoms with Gasteiger partial charge >= 0.3 is 0 Å². The first-order chi connectivity index (χ1) is 19.2. The minimum absolute atomic E-state index is 0.0458. The van der Waals surface area contributed by atoms with Crippen LogP contribution in [-0.2, 0) is 0 Å². The SMILES string of the molecule is Cc1csc2cc(C(C)Nc3ncnc(N)c3C(=N)c3ccc(OC(C)C)c(F)c3)c(-c3ccccc3)c(=O)n12. The number of hydrogen-bond donors (Lipinski definition) is 3. The van der Waals surface area contributed by atoms with Crippen LogP contribution in [0.15, 0.2) is 71.1 Å². The Bertz CT molecular complexity index is 1780. The number of nitrogens with two attached hydrogens (primary N) is 1. The Morgan fingerprint density at radius 1 is 1.12 bits per heavy atom. The summed E-state index contributed by atoms with van der Waals surface area (Å²) in [5, 5.41) is 14.2. The number of aryl methyl sites for hydroxylation is 1. The monoisotopic (exact) mass is 556 g/mol. The van der Waals surface area contributed by atoms with Crippen LogP contribution in [0.5, 0.6) is 5.75 Å². The lowest BCUT2D eigenvalue weighted by Crippen LogP contribution is -2.22. The summed E-state index contributed by atoms with van der Waals surface area (Å²) in [6.07, 6.45) is 1.11.